The summed E-state index contributed by atoms with van der Waals surface area (Å²) in [6.45, 7) is -0.0685. The number of allylic oxidation sites excluding steroid dienone is 1. The van der Waals surface area contributed by atoms with Gasteiger partial charge in [-0.2, -0.15) is 0 Å². The highest BCUT2D eigenvalue weighted by molar-refractivity contribution is 6.26. The van der Waals surface area contributed by atoms with E-state index in [-0.39, 0.29) is 18.0 Å². The van der Waals surface area contributed by atoms with Crippen molar-refractivity contribution in [2.75, 3.05) is 13.7 Å². The van der Waals surface area contributed by atoms with Gasteiger partial charge in [-0.1, -0.05) is 0 Å². The van der Waals surface area contributed by atoms with Crippen LogP contribution in [0.15, 0.2) is 16.6 Å². The van der Waals surface area contributed by atoms with Crippen molar-refractivity contribution in [3.63, 3.8) is 0 Å². The minimum atomic E-state index is -0.480. The van der Waals surface area contributed by atoms with Crippen LogP contribution < -0.4 is 0 Å². The molecule has 4 heteroatoms. The highest BCUT2D eigenvalue weighted by Gasteiger charge is 2.18. The number of hydrogen-bond acceptors (Lipinski definition) is 3. The van der Waals surface area contributed by atoms with Crippen molar-refractivity contribution < 1.29 is 14.3 Å². The Morgan fingerprint density at radius 3 is 2.91 bits per heavy atom. The number of aliphatic imine (C=N–C) groups is 1. The summed E-state index contributed by atoms with van der Waals surface area (Å²) in [5.74, 6) is -0.804. The predicted molar refractivity (Wildman–Crippen MR) is 38.5 cm³/mol. The number of amides is 1. The Kier molecular flexibility index (Phi) is 2.28. The molecule has 0 spiro atoms. The number of nitrogens with zero attached hydrogens (tertiary/aromatic N) is 1. The van der Waals surface area contributed by atoms with Crippen LogP contribution in [0.1, 0.15) is 0 Å². The predicted octanol–water partition coefficient (Wildman–Crippen LogP) is -0.261. The van der Waals surface area contributed by atoms with Crippen molar-refractivity contribution in [3.05, 3.63) is 11.6 Å². The zero-order valence-corrected chi connectivity index (χ0v) is 6.03. The van der Waals surface area contributed by atoms with Crippen LogP contribution in [-0.4, -0.2) is 31.6 Å². The zero-order chi connectivity index (χ0) is 8.27. The number of Topliss-reactive ketones (excluding diaryl/α,β-unsaturated/α-hetero) is 1. The molecule has 0 atom stereocenters. The van der Waals surface area contributed by atoms with Gasteiger partial charge in [0, 0.05) is 13.3 Å². The normalized spacial score (nSPS) is 15.4. The molecule has 0 aliphatic carbocycles. The van der Waals surface area contributed by atoms with Gasteiger partial charge in [-0.05, 0) is 6.08 Å². The molecule has 0 saturated heterocycles. The third-order valence-corrected chi connectivity index (χ3v) is 1.24. The number of carbonyl (C=O) groups is 2. The average molecular weight is 153 g/mol. The summed E-state index contributed by atoms with van der Waals surface area (Å²) < 4.78 is 4.57. The summed E-state index contributed by atoms with van der Waals surface area (Å²) in [6, 6.07) is 0. The van der Waals surface area contributed by atoms with Crippen LogP contribution in [0.5, 0.6) is 0 Å². The first-order valence-electron chi connectivity index (χ1n) is 3.06. The van der Waals surface area contributed by atoms with Crippen molar-refractivity contribution >= 4 is 17.9 Å². The van der Waals surface area contributed by atoms with Crippen LogP contribution in [0.2, 0.25) is 0 Å². The van der Waals surface area contributed by atoms with Crippen LogP contribution >= 0.6 is 0 Å². The molecule has 0 bridgehead atoms. The molecule has 0 aromatic rings. The van der Waals surface area contributed by atoms with Gasteiger partial charge in [0.05, 0.1) is 5.57 Å². The molecule has 1 aliphatic rings. The van der Waals surface area contributed by atoms with Gasteiger partial charge in [0.15, 0.2) is 5.78 Å². The molecule has 58 valence electrons. The van der Waals surface area contributed by atoms with Gasteiger partial charge >= 0.3 is 0 Å². The summed E-state index contributed by atoms with van der Waals surface area (Å²) in [5, 5.41) is 0. The lowest BCUT2D eigenvalue weighted by Gasteiger charge is -1.95. The Balaban J connectivity index is 2.63. The van der Waals surface area contributed by atoms with Gasteiger partial charge < -0.3 is 4.74 Å². The molecule has 0 unspecified atom stereocenters. The number of ether oxygens (including phenoxy) is 1. The molecule has 0 N–H and O–H groups in total. The fourth-order valence-corrected chi connectivity index (χ4v) is 0.741. The minimum absolute atomic E-state index is 0.0685. The first kappa shape index (κ1) is 7.81. The quantitative estimate of drug-likeness (QED) is 0.525. The van der Waals surface area contributed by atoms with E-state index in [2.05, 4.69) is 9.73 Å². The molecule has 0 saturated carbocycles. The SMILES string of the molecule is COCC(=O)C1=CC=NC1=O. The number of ketones is 1. The third kappa shape index (κ3) is 1.59. The van der Waals surface area contributed by atoms with Gasteiger partial charge in [0.25, 0.3) is 5.91 Å². The summed E-state index contributed by atoms with van der Waals surface area (Å²) >= 11 is 0. The van der Waals surface area contributed by atoms with Crippen LogP contribution in [0.3, 0.4) is 0 Å². The second kappa shape index (κ2) is 3.21. The monoisotopic (exact) mass is 153 g/mol. The summed E-state index contributed by atoms with van der Waals surface area (Å²) in [7, 11) is 1.40. The smallest absolute Gasteiger partial charge is 0.280 e. The Hall–Kier alpha value is -1.29. The first-order valence-corrected chi connectivity index (χ1v) is 3.06. The van der Waals surface area contributed by atoms with Crippen molar-refractivity contribution in [2.24, 2.45) is 4.99 Å². The average Bonchev–Trinajstić information content (AvgIpc) is 2.36. The van der Waals surface area contributed by atoms with Crippen molar-refractivity contribution in [1.29, 1.82) is 0 Å². The molecule has 0 fully saturated rings. The molecule has 4 nitrogen and oxygen atoms in total. The van der Waals surface area contributed by atoms with E-state index in [0.717, 1.165) is 0 Å². The molecule has 0 aromatic heterocycles. The van der Waals surface area contributed by atoms with Crippen LogP contribution in [0.25, 0.3) is 0 Å². The number of hydrogen-bond donors (Lipinski definition) is 0. The van der Waals surface area contributed by atoms with Gasteiger partial charge in [0.1, 0.15) is 6.61 Å². The molecule has 1 aliphatic heterocycles. The second-order valence-electron chi connectivity index (χ2n) is 2.02. The van der Waals surface area contributed by atoms with E-state index >= 15 is 0 Å². The largest absolute Gasteiger partial charge is 0.377 e. The van der Waals surface area contributed by atoms with Gasteiger partial charge in [-0.15, -0.1) is 0 Å². The Bertz CT molecular complexity index is 252. The summed E-state index contributed by atoms with van der Waals surface area (Å²) in [5.41, 5.74) is 0.104. The van der Waals surface area contributed by atoms with Gasteiger partial charge in [-0.25, -0.2) is 4.99 Å². The van der Waals surface area contributed by atoms with E-state index in [1.165, 1.54) is 19.4 Å². The molecular formula is C7H7NO3. The van der Waals surface area contributed by atoms with E-state index in [0.29, 0.717) is 0 Å². The Morgan fingerprint density at radius 2 is 2.45 bits per heavy atom. The molecule has 0 radical (unpaired) electrons. The van der Waals surface area contributed by atoms with Crippen LogP contribution in [0, 0.1) is 0 Å². The van der Waals surface area contributed by atoms with Crippen molar-refractivity contribution in [3.8, 4) is 0 Å². The highest BCUT2D eigenvalue weighted by Crippen LogP contribution is 2.04. The standard InChI is InChI=1S/C7H7NO3/c1-11-4-6(9)5-2-3-8-7(5)10/h2-3H,4H2,1H3. The van der Waals surface area contributed by atoms with E-state index in [9.17, 15) is 9.59 Å². The number of carbonyl (C=O) groups excluding carboxylic acids is 2. The molecular weight excluding hydrogens is 146 g/mol. The Labute approximate surface area is 63.6 Å². The molecule has 0 aromatic carbocycles. The second-order valence-corrected chi connectivity index (χ2v) is 2.02. The van der Waals surface area contributed by atoms with E-state index in [1.807, 2.05) is 0 Å². The van der Waals surface area contributed by atoms with Gasteiger partial charge in [0.2, 0.25) is 0 Å². The Morgan fingerprint density at radius 1 is 1.73 bits per heavy atom. The van der Waals surface area contributed by atoms with Crippen molar-refractivity contribution in [2.45, 2.75) is 0 Å². The maximum absolute atomic E-state index is 11.0. The lowest BCUT2D eigenvalue weighted by atomic mass is 10.2. The summed E-state index contributed by atoms with van der Waals surface area (Å²) in [4.78, 5) is 25.1. The first-order chi connectivity index (χ1) is 5.25. The zero-order valence-electron chi connectivity index (χ0n) is 6.03. The lowest BCUT2D eigenvalue weighted by Crippen LogP contribution is -2.13. The topological polar surface area (TPSA) is 55.7 Å². The fraction of sp³-hybridized carbons (Fsp3) is 0.286. The fourth-order valence-electron chi connectivity index (χ4n) is 0.741. The number of rotatable bonds is 3. The van der Waals surface area contributed by atoms with Gasteiger partial charge in [-0.3, -0.25) is 9.59 Å². The molecule has 1 heterocycles. The highest BCUT2D eigenvalue weighted by atomic mass is 16.5. The molecule has 1 amide bonds. The minimum Gasteiger partial charge on any atom is -0.377 e. The van der Waals surface area contributed by atoms with Crippen molar-refractivity contribution in [1.82, 2.24) is 0 Å². The third-order valence-electron chi connectivity index (χ3n) is 1.24. The van der Waals surface area contributed by atoms with Crippen LogP contribution in [-0.2, 0) is 14.3 Å². The molecule has 1 rings (SSSR count). The van der Waals surface area contributed by atoms with Crippen LogP contribution in [0.4, 0.5) is 0 Å². The van der Waals surface area contributed by atoms with E-state index in [4.69, 9.17) is 0 Å². The van der Waals surface area contributed by atoms with E-state index < -0.39 is 5.91 Å². The number of methoxy groups -OCH3 is 1. The van der Waals surface area contributed by atoms with E-state index in [1.54, 1.807) is 0 Å². The maximum atomic E-state index is 11.0. The summed E-state index contributed by atoms with van der Waals surface area (Å²) in [6.07, 6.45) is 2.70. The molecule has 11 heavy (non-hydrogen) atoms. The maximum Gasteiger partial charge on any atom is 0.280 e. The lowest BCUT2D eigenvalue weighted by molar-refractivity contribution is -0.122.